The van der Waals surface area contributed by atoms with Gasteiger partial charge in [0, 0.05) is 22.8 Å². The van der Waals surface area contributed by atoms with E-state index in [4.69, 9.17) is 10.5 Å². The van der Waals surface area contributed by atoms with Gasteiger partial charge < -0.3 is 10.5 Å². The highest BCUT2D eigenvalue weighted by Gasteiger charge is 2.13. The number of nitrogen functional groups attached to an aromatic ring is 1. The first-order chi connectivity index (χ1) is 10.7. The molecule has 3 rings (SSSR count). The summed E-state index contributed by atoms with van der Waals surface area (Å²) >= 11 is 0. The van der Waals surface area contributed by atoms with Gasteiger partial charge in [-0.25, -0.2) is 4.79 Å². The molecule has 22 heavy (non-hydrogen) atoms. The third kappa shape index (κ3) is 2.63. The average Bonchev–Trinajstić information content (AvgIpc) is 2.55. The Bertz CT molecular complexity index is 838. The zero-order chi connectivity index (χ0) is 15.5. The number of anilines is 1. The second kappa shape index (κ2) is 5.85. The maximum absolute atomic E-state index is 12.2. The van der Waals surface area contributed by atoms with Crippen LogP contribution in [0.25, 0.3) is 10.9 Å². The minimum absolute atomic E-state index is 0.167. The third-order valence-corrected chi connectivity index (χ3v) is 3.62. The molecule has 3 aromatic rings. The Morgan fingerprint density at radius 3 is 2.77 bits per heavy atom. The lowest BCUT2D eigenvalue weighted by atomic mass is 10.1. The molecule has 0 amide bonds. The van der Waals surface area contributed by atoms with E-state index in [2.05, 4.69) is 4.98 Å². The van der Waals surface area contributed by atoms with Crippen LogP contribution in [0.3, 0.4) is 0 Å². The topological polar surface area (TPSA) is 65.2 Å². The molecule has 0 unspecified atom stereocenters. The molecule has 0 aliphatic rings. The fraction of sp³-hybridized carbons (Fsp3) is 0.111. The second-order valence-corrected chi connectivity index (χ2v) is 5.10. The highest BCUT2D eigenvalue weighted by Crippen LogP contribution is 2.20. The van der Waals surface area contributed by atoms with Crippen molar-refractivity contribution in [2.75, 3.05) is 5.73 Å². The molecule has 4 nitrogen and oxygen atoms in total. The van der Waals surface area contributed by atoms with E-state index in [1.54, 1.807) is 18.3 Å². The fourth-order valence-corrected chi connectivity index (χ4v) is 2.36. The number of fused-ring (bicyclic) bond motifs is 1. The number of benzene rings is 2. The second-order valence-electron chi connectivity index (χ2n) is 5.10. The van der Waals surface area contributed by atoms with Crippen molar-refractivity contribution >= 4 is 22.6 Å². The predicted octanol–water partition coefficient (Wildman–Crippen LogP) is 3.48. The first kappa shape index (κ1) is 14.1. The first-order valence-electron chi connectivity index (χ1n) is 7.01. The largest absolute Gasteiger partial charge is 0.457 e. The smallest absolute Gasteiger partial charge is 0.340 e. The zero-order valence-electron chi connectivity index (χ0n) is 12.2. The van der Waals surface area contributed by atoms with Gasteiger partial charge in [-0.15, -0.1) is 0 Å². The lowest BCUT2D eigenvalue weighted by Gasteiger charge is -2.10. The Hall–Kier alpha value is -2.88. The number of carbonyl (C=O) groups excluding carboxylic acids is 1. The number of aryl methyl sites for hydroxylation is 1. The van der Waals surface area contributed by atoms with E-state index in [9.17, 15) is 4.79 Å². The minimum atomic E-state index is -0.422. The van der Waals surface area contributed by atoms with Crippen LogP contribution in [0.1, 0.15) is 21.5 Å². The standard InChI is InChI=1S/C18H16N2O2/c1-12-5-2-9-15(16(12)19)18(21)22-11-14-7-3-6-13-8-4-10-20-17(13)14/h2-10H,11,19H2,1H3. The van der Waals surface area contributed by atoms with Crippen molar-refractivity contribution in [1.29, 1.82) is 0 Å². The quantitative estimate of drug-likeness (QED) is 0.593. The number of hydrogen-bond acceptors (Lipinski definition) is 4. The molecule has 110 valence electrons. The number of nitrogens with two attached hydrogens (primary N) is 1. The number of rotatable bonds is 3. The highest BCUT2D eigenvalue weighted by molar-refractivity contribution is 5.95. The normalized spacial score (nSPS) is 10.6. The summed E-state index contributed by atoms with van der Waals surface area (Å²) in [6.45, 7) is 2.03. The molecule has 0 aliphatic carbocycles. The van der Waals surface area contributed by atoms with Gasteiger partial charge in [0.1, 0.15) is 6.61 Å². The van der Waals surface area contributed by atoms with Crippen LogP contribution in [0.2, 0.25) is 0 Å². The molecule has 0 atom stereocenters. The summed E-state index contributed by atoms with van der Waals surface area (Å²) in [5.41, 5.74) is 9.37. The van der Waals surface area contributed by atoms with Crippen molar-refractivity contribution in [3.63, 3.8) is 0 Å². The Balaban J connectivity index is 1.82. The van der Waals surface area contributed by atoms with Crippen LogP contribution in [-0.4, -0.2) is 11.0 Å². The average molecular weight is 292 g/mol. The van der Waals surface area contributed by atoms with Crippen molar-refractivity contribution in [1.82, 2.24) is 4.98 Å². The predicted molar refractivity (Wildman–Crippen MR) is 86.5 cm³/mol. The number of para-hydroxylation sites is 2. The number of nitrogens with zero attached hydrogens (tertiary/aromatic N) is 1. The van der Waals surface area contributed by atoms with Crippen molar-refractivity contribution in [3.05, 3.63) is 71.4 Å². The maximum Gasteiger partial charge on any atom is 0.340 e. The molecule has 0 saturated heterocycles. The number of aromatic nitrogens is 1. The Morgan fingerprint density at radius 2 is 1.91 bits per heavy atom. The Morgan fingerprint density at radius 1 is 1.14 bits per heavy atom. The maximum atomic E-state index is 12.2. The van der Waals surface area contributed by atoms with E-state index in [0.29, 0.717) is 11.3 Å². The van der Waals surface area contributed by atoms with Gasteiger partial charge in [-0.3, -0.25) is 4.98 Å². The van der Waals surface area contributed by atoms with Crippen LogP contribution in [0.4, 0.5) is 5.69 Å². The molecule has 1 heterocycles. The van der Waals surface area contributed by atoms with Crippen LogP contribution in [-0.2, 0) is 11.3 Å². The Labute approximate surface area is 128 Å². The summed E-state index contributed by atoms with van der Waals surface area (Å²) < 4.78 is 5.40. The van der Waals surface area contributed by atoms with Crippen LogP contribution in [0.5, 0.6) is 0 Å². The van der Waals surface area contributed by atoms with Gasteiger partial charge in [0.05, 0.1) is 11.1 Å². The Kier molecular flexibility index (Phi) is 3.74. The molecule has 2 aromatic carbocycles. The van der Waals surface area contributed by atoms with E-state index in [1.165, 1.54) is 0 Å². The van der Waals surface area contributed by atoms with Crippen molar-refractivity contribution in [2.45, 2.75) is 13.5 Å². The van der Waals surface area contributed by atoms with E-state index in [0.717, 1.165) is 22.0 Å². The monoisotopic (exact) mass is 292 g/mol. The van der Waals surface area contributed by atoms with Crippen molar-refractivity contribution in [2.24, 2.45) is 0 Å². The molecule has 0 saturated carbocycles. The van der Waals surface area contributed by atoms with Crippen LogP contribution < -0.4 is 5.73 Å². The molecule has 0 fully saturated rings. The van der Waals surface area contributed by atoms with Gasteiger partial charge in [0.25, 0.3) is 0 Å². The summed E-state index contributed by atoms with van der Waals surface area (Å²) in [6, 6.07) is 15.0. The molecular weight excluding hydrogens is 276 g/mol. The molecular formula is C18H16N2O2. The van der Waals surface area contributed by atoms with E-state index < -0.39 is 5.97 Å². The van der Waals surface area contributed by atoms with E-state index in [-0.39, 0.29) is 6.61 Å². The summed E-state index contributed by atoms with van der Waals surface area (Å²) in [4.78, 5) is 16.6. The van der Waals surface area contributed by atoms with Gasteiger partial charge in [-0.05, 0) is 24.6 Å². The number of hydrogen-bond donors (Lipinski definition) is 1. The van der Waals surface area contributed by atoms with E-state index in [1.807, 2.05) is 43.3 Å². The number of carbonyl (C=O) groups is 1. The molecule has 0 radical (unpaired) electrons. The lowest BCUT2D eigenvalue weighted by Crippen LogP contribution is -2.09. The van der Waals surface area contributed by atoms with Crippen molar-refractivity contribution in [3.8, 4) is 0 Å². The molecule has 1 aromatic heterocycles. The SMILES string of the molecule is Cc1cccc(C(=O)OCc2cccc3cccnc23)c1N. The molecule has 0 spiro atoms. The van der Waals surface area contributed by atoms with Gasteiger partial charge in [0.15, 0.2) is 0 Å². The van der Waals surface area contributed by atoms with Gasteiger partial charge in [-0.1, -0.05) is 36.4 Å². The highest BCUT2D eigenvalue weighted by atomic mass is 16.5. The minimum Gasteiger partial charge on any atom is -0.457 e. The molecule has 4 heteroatoms. The van der Waals surface area contributed by atoms with Gasteiger partial charge >= 0.3 is 5.97 Å². The summed E-state index contributed by atoms with van der Waals surface area (Å²) in [5, 5.41) is 1.02. The summed E-state index contributed by atoms with van der Waals surface area (Å²) in [5.74, 6) is -0.422. The fourth-order valence-electron chi connectivity index (χ4n) is 2.36. The van der Waals surface area contributed by atoms with Gasteiger partial charge in [-0.2, -0.15) is 0 Å². The van der Waals surface area contributed by atoms with Crippen molar-refractivity contribution < 1.29 is 9.53 Å². The lowest BCUT2D eigenvalue weighted by molar-refractivity contribution is 0.0475. The zero-order valence-corrected chi connectivity index (χ0v) is 12.2. The van der Waals surface area contributed by atoms with Crippen LogP contribution >= 0.6 is 0 Å². The third-order valence-electron chi connectivity index (χ3n) is 3.62. The van der Waals surface area contributed by atoms with Crippen LogP contribution in [0.15, 0.2) is 54.7 Å². The molecule has 0 bridgehead atoms. The molecule has 2 N–H and O–H groups in total. The number of pyridine rings is 1. The first-order valence-corrected chi connectivity index (χ1v) is 7.01. The van der Waals surface area contributed by atoms with E-state index >= 15 is 0 Å². The summed E-state index contributed by atoms with van der Waals surface area (Å²) in [7, 11) is 0. The van der Waals surface area contributed by atoms with Crippen LogP contribution in [0, 0.1) is 6.92 Å². The molecule has 0 aliphatic heterocycles. The summed E-state index contributed by atoms with van der Waals surface area (Å²) in [6.07, 6.45) is 1.73. The number of ether oxygens (including phenoxy) is 1. The number of esters is 1. The van der Waals surface area contributed by atoms with Gasteiger partial charge in [0.2, 0.25) is 0 Å².